The van der Waals surface area contributed by atoms with E-state index in [9.17, 15) is 0 Å². The summed E-state index contributed by atoms with van der Waals surface area (Å²) in [5, 5.41) is 0.619. The van der Waals surface area contributed by atoms with E-state index in [-0.39, 0.29) is 0 Å². The Hall–Kier alpha value is -1.06. The summed E-state index contributed by atoms with van der Waals surface area (Å²) in [4.78, 5) is 6.59. The quantitative estimate of drug-likeness (QED) is 0.804. The lowest BCUT2D eigenvalue weighted by atomic mass is 10.2. The first-order valence-electron chi connectivity index (χ1n) is 5.33. The van der Waals surface area contributed by atoms with E-state index in [2.05, 4.69) is 30.3 Å². The zero-order valence-corrected chi connectivity index (χ0v) is 10.5. The fourth-order valence-electron chi connectivity index (χ4n) is 1.48. The first-order valence-corrected chi connectivity index (χ1v) is 5.71. The van der Waals surface area contributed by atoms with E-state index in [0.717, 1.165) is 18.1 Å². The van der Waals surface area contributed by atoms with Crippen molar-refractivity contribution >= 4 is 17.4 Å². The van der Waals surface area contributed by atoms with Crippen LogP contribution in [0.4, 0.5) is 5.82 Å². The van der Waals surface area contributed by atoms with Crippen LogP contribution >= 0.6 is 11.6 Å². The van der Waals surface area contributed by atoms with Crippen LogP contribution in [0.15, 0.2) is 24.8 Å². The van der Waals surface area contributed by atoms with Gasteiger partial charge in [-0.25, -0.2) is 4.98 Å². The van der Waals surface area contributed by atoms with Gasteiger partial charge in [-0.2, -0.15) is 0 Å². The number of nitrogens with two attached hydrogens (primary N) is 1. The van der Waals surface area contributed by atoms with Gasteiger partial charge in [0.05, 0.1) is 10.7 Å². The molecule has 0 atom stereocenters. The fraction of sp³-hybridized carbons (Fsp3) is 0.417. The van der Waals surface area contributed by atoms with Gasteiger partial charge in [0.1, 0.15) is 5.82 Å². The lowest BCUT2D eigenvalue weighted by Gasteiger charge is -2.27. The minimum Gasteiger partial charge on any atom is -0.350 e. The van der Waals surface area contributed by atoms with Crippen LogP contribution < -0.4 is 10.6 Å². The molecule has 0 bridgehead atoms. The van der Waals surface area contributed by atoms with Gasteiger partial charge in [0.25, 0.3) is 0 Å². The molecule has 0 aliphatic carbocycles. The number of halogens is 1. The number of anilines is 1. The Morgan fingerprint density at radius 3 is 2.75 bits per heavy atom. The first-order chi connectivity index (χ1) is 7.60. The number of hydrogen-bond acceptors (Lipinski definition) is 3. The predicted octanol–water partition coefficient (Wildman–Crippen LogP) is 2.59. The standard InChI is InChI=1S/C12H18ClN3/c1-4-7-16(9(2)3)12-6-5-10(13)11(8-14)15-12/h4-6,9H,1,7-8,14H2,2-3H3. The van der Waals surface area contributed by atoms with E-state index in [4.69, 9.17) is 17.3 Å². The lowest BCUT2D eigenvalue weighted by Crippen LogP contribution is -2.31. The summed E-state index contributed by atoms with van der Waals surface area (Å²) in [6, 6.07) is 4.10. The summed E-state index contributed by atoms with van der Waals surface area (Å²) >= 11 is 5.98. The molecule has 88 valence electrons. The molecule has 0 unspecified atom stereocenters. The second-order valence-corrected chi connectivity index (χ2v) is 4.24. The van der Waals surface area contributed by atoms with Crippen LogP contribution in [-0.4, -0.2) is 17.6 Å². The van der Waals surface area contributed by atoms with Crippen molar-refractivity contribution in [3.05, 3.63) is 35.5 Å². The largest absolute Gasteiger partial charge is 0.350 e. The van der Waals surface area contributed by atoms with E-state index in [0.29, 0.717) is 17.6 Å². The van der Waals surface area contributed by atoms with Gasteiger partial charge in [-0.15, -0.1) is 6.58 Å². The van der Waals surface area contributed by atoms with Gasteiger partial charge in [-0.3, -0.25) is 0 Å². The van der Waals surface area contributed by atoms with Crippen LogP contribution in [0.1, 0.15) is 19.5 Å². The fourth-order valence-corrected chi connectivity index (χ4v) is 1.67. The number of rotatable bonds is 5. The van der Waals surface area contributed by atoms with Crippen LogP contribution in [0.3, 0.4) is 0 Å². The number of hydrogen-bond donors (Lipinski definition) is 1. The average Bonchev–Trinajstić information content (AvgIpc) is 2.26. The second-order valence-electron chi connectivity index (χ2n) is 3.84. The molecule has 1 aromatic rings. The highest BCUT2D eigenvalue weighted by Crippen LogP contribution is 2.20. The highest BCUT2D eigenvalue weighted by Gasteiger charge is 2.11. The molecular weight excluding hydrogens is 222 g/mol. The van der Waals surface area contributed by atoms with Gasteiger partial charge >= 0.3 is 0 Å². The maximum absolute atomic E-state index is 5.98. The Morgan fingerprint density at radius 1 is 1.56 bits per heavy atom. The molecule has 16 heavy (non-hydrogen) atoms. The van der Waals surface area contributed by atoms with Crippen molar-refractivity contribution < 1.29 is 0 Å². The third kappa shape index (κ3) is 2.97. The van der Waals surface area contributed by atoms with E-state index in [1.165, 1.54) is 0 Å². The molecule has 4 heteroatoms. The van der Waals surface area contributed by atoms with Gasteiger partial charge in [0, 0.05) is 19.1 Å². The maximum atomic E-state index is 5.98. The third-order valence-electron chi connectivity index (χ3n) is 2.34. The summed E-state index contributed by atoms with van der Waals surface area (Å²) in [5.41, 5.74) is 6.31. The van der Waals surface area contributed by atoms with Crippen molar-refractivity contribution in [2.24, 2.45) is 5.73 Å². The Bertz CT molecular complexity index is 363. The number of aromatic nitrogens is 1. The van der Waals surface area contributed by atoms with Crippen LogP contribution in [-0.2, 0) is 6.54 Å². The molecule has 0 amide bonds. The van der Waals surface area contributed by atoms with Crippen molar-refractivity contribution in [1.82, 2.24) is 4.98 Å². The number of pyridine rings is 1. The van der Waals surface area contributed by atoms with Crippen molar-refractivity contribution in [2.75, 3.05) is 11.4 Å². The normalized spacial score (nSPS) is 10.6. The van der Waals surface area contributed by atoms with Crippen molar-refractivity contribution in [1.29, 1.82) is 0 Å². The van der Waals surface area contributed by atoms with Gasteiger partial charge in [-0.1, -0.05) is 17.7 Å². The molecular formula is C12H18ClN3. The van der Waals surface area contributed by atoms with Crippen molar-refractivity contribution in [3.63, 3.8) is 0 Å². The highest BCUT2D eigenvalue weighted by molar-refractivity contribution is 6.31. The lowest BCUT2D eigenvalue weighted by molar-refractivity contribution is 0.709. The second kappa shape index (κ2) is 5.87. The molecule has 0 saturated heterocycles. The van der Waals surface area contributed by atoms with Gasteiger partial charge < -0.3 is 10.6 Å². The zero-order valence-electron chi connectivity index (χ0n) is 9.78. The Kier molecular flexibility index (Phi) is 4.77. The van der Waals surface area contributed by atoms with Crippen LogP contribution in [0.5, 0.6) is 0 Å². The summed E-state index contributed by atoms with van der Waals surface area (Å²) < 4.78 is 0. The van der Waals surface area contributed by atoms with Crippen molar-refractivity contribution in [2.45, 2.75) is 26.4 Å². The molecule has 0 saturated carbocycles. The van der Waals surface area contributed by atoms with Crippen molar-refractivity contribution in [3.8, 4) is 0 Å². The molecule has 0 fully saturated rings. The van der Waals surface area contributed by atoms with E-state index >= 15 is 0 Å². The summed E-state index contributed by atoms with van der Waals surface area (Å²) in [6.45, 7) is 9.09. The molecule has 1 aromatic heterocycles. The van der Waals surface area contributed by atoms with E-state index in [1.54, 1.807) is 0 Å². The van der Waals surface area contributed by atoms with Gasteiger partial charge in [0.2, 0.25) is 0 Å². The minimum absolute atomic E-state index is 0.354. The van der Waals surface area contributed by atoms with E-state index < -0.39 is 0 Å². The average molecular weight is 240 g/mol. The van der Waals surface area contributed by atoms with Crippen LogP contribution in [0.25, 0.3) is 0 Å². The molecule has 0 radical (unpaired) electrons. The molecule has 3 nitrogen and oxygen atoms in total. The van der Waals surface area contributed by atoms with Crippen LogP contribution in [0.2, 0.25) is 5.02 Å². The summed E-state index contributed by atoms with van der Waals surface area (Å²) in [7, 11) is 0. The Labute approximate surface area is 102 Å². The topological polar surface area (TPSA) is 42.1 Å². The minimum atomic E-state index is 0.354. The van der Waals surface area contributed by atoms with E-state index in [1.807, 2.05) is 18.2 Å². The summed E-state index contributed by atoms with van der Waals surface area (Å²) in [5.74, 6) is 0.889. The highest BCUT2D eigenvalue weighted by atomic mass is 35.5. The number of nitrogens with zero attached hydrogens (tertiary/aromatic N) is 2. The molecule has 1 heterocycles. The Morgan fingerprint density at radius 2 is 2.25 bits per heavy atom. The molecule has 2 N–H and O–H groups in total. The Balaban J connectivity index is 3.04. The predicted molar refractivity (Wildman–Crippen MR) is 69.8 cm³/mol. The molecule has 0 spiro atoms. The first kappa shape index (κ1) is 13.0. The smallest absolute Gasteiger partial charge is 0.129 e. The SMILES string of the molecule is C=CCN(c1ccc(Cl)c(CN)n1)C(C)C. The third-order valence-corrected chi connectivity index (χ3v) is 2.68. The molecule has 0 aromatic carbocycles. The van der Waals surface area contributed by atoms with Gasteiger partial charge in [-0.05, 0) is 26.0 Å². The van der Waals surface area contributed by atoms with Crippen LogP contribution in [0, 0.1) is 0 Å². The molecule has 0 aliphatic heterocycles. The molecule has 1 rings (SSSR count). The maximum Gasteiger partial charge on any atom is 0.129 e. The zero-order chi connectivity index (χ0) is 12.1. The summed E-state index contributed by atoms with van der Waals surface area (Å²) in [6.07, 6.45) is 1.86. The monoisotopic (exact) mass is 239 g/mol. The van der Waals surface area contributed by atoms with Gasteiger partial charge in [0.15, 0.2) is 0 Å². The molecule has 0 aliphatic rings.